The van der Waals surface area contributed by atoms with Crippen LogP contribution in [0, 0.1) is 0 Å². The molecule has 0 amide bonds. The van der Waals surface area contributed by atoms with Crippen LogP contribution in [0.25, 0.3) is 0 Å². The fraction of sp³-hybridized carbons (Fsp3) is 1.00. The molecule has 112 valence electrons. The summed E-state index contributed by atoms with van der Waals surface area (Å²) in [4.78, 5) is 0. The second-order valence-electron chi connectivity index (χ2n) is 7.26. The molecule has 0 aromatic heterocycles. The molecular weight excluding hydrogens is 236 g/mol. The van der Waals surface area contributed by atoms with Crippen LogP contribution < -0.4 is 5.32 Å². The van der Waals surface area contributed by atoms with Crippen LogP contribution in [-0.2, 0) is 0 Å². The third-order valence-corrected chi connectivity index (χ3v) is 5.57. The van der Waals surface area contributed by atoms with Gasteiger partial charge in [-0.1, -0.05) is 13.8 Å². The molecule has 2 saturated heterocycles. The Hall–Kier alpha value is -0.120. The van der Waals surface area contributed by atoms with Gasteiger partial charge in [-0.05, 0) is 33.1 Å². The van der Waals surface area contributed by atoms with Crippen LogP contribution in [-0.4, -0.2) is 53.0 Å². The molecule has 0 spiro atoms. The minimum atomic E-state index is 0.341. The van der Waals surface area contributed by atoms with E-state index in [9.17, 15) is 5.11 Å². The highest BCUT2D eigenvalue weighted by atomic mass is 16.3. The summed E-state index contributed by atoms with van der Waals surface area (Å²) in [6, 6.07) is 3.44. The fourth-order valence-electron chi connectivity index (χ4n) is 5.00. The number of hydrogen-bond donors (Lipinski definition) is 2. The Morgan fingerprint density at radius 2 is 1.68 bits per heavy atom. The molecule has 2 fully saturated rings. The summed E-state index contributed by atoms with van der Waals surface area (Å²) in [6.07, 6.45) is 6.69. The Labute approximate surface area is 119 Å². The molecule has 2 heterocycles. The van der Waals surface area contributed by atoms with E-state index in [2.05, 4.69) is 33.0 Å². The molecule has 0 radical (unpaired) electrons. The molecule has 19 heavy (non-hydrogen) atoms. The maximum absolute atomic E-state index is 9.57. The molecule has 0 aromatic carbocycles. The van der Waals surface area contributed by atoms with Gasteiger partial charge in [-0.2, -0.15) is 0 Å². The van der Waals surface area contributed by atoms with Gasteiger partial charge in [-0.15, -0.1) is 0 Å². The van der Waals surface area contributed by atoms with Gasteiger partial charge >= 0.3 is 0 Å². The summed E-state index contributed by atoms with van der Waals surface area (Å²) in [5.74, 6) is 0. The topological polar surface area (TPSA) is 32.3 Å². The number of hydrogen-bond acceptors (Lipinski definition) is 2. The molecular formula is C16H33N2O+. The van der Waals surface area contributed by atoms with Gasteiger partial charge in [0.25, 0.3) is 0 Å². The van der Waals surface area contributed by atoms with Crippen molar-refractivity contribution in [3.8, 4) is 0 Å². The van der Waals surface area contributed by atoms with Gasteiger partial charge in [-0.3, -0.25) is 0 Å². The summed E-state index contributed by atoms with van der Waals surface area (Å²) in [5.41, 5.74) is 0. The third-order valence-electron chi connectivity index (χ3n) is 5.57. The molecule has 2 unspecified atom stereocenters. The first-order chi connectivity index (χ1) is 9.00. The van der Waals surface area contributed by atoms with Crippen LogP contribution >= 0.6 is 0 Å². The van der Waals surface area contributed by atoms with Gasteiger partial charge in [0, 0.05) is 24.9 Å². The molecule has 0 aliphatic carbocycles. The first-order valence-corrected chi connectivity index (χ1v) is 8.24. The number of quaternary nitrogens is 1. The molecule has 2 aliphatic rings. The standard InChI is InChI=1S/C16H33N2O/c1-12(2)17-14-10-15-6-5-7-16(11-14)18(15,8-9-19)13(3)4/h12-17,19H,5-11H2,1-4H3/q+1/t14?,15-,16+,18?. The van der Waals surface area contributed by atoms with Crippen molar-refractivity contribution in [2.24, 2.45) is 0 Å². The van der Waals surface area contributed by atoms with Crippen LogP contribution in [0.4, 0.5) is 0 Å². The first-order valence-electron chi connectivity index (χ1n) is 8.24. The van der Waals surface area contributed by atoms with Gasteiger partial charge in [0.05, 0.1) is 24.7 Å². The van der Waals surface area contributed by atoms with E-state index in [1.54, 1.807) is 0 Å². The van der Waals surface area contributed by atoms with Crippen molar-refractivity contribution in [2.75, 3.05) is 13.2 Å². The second kappa shape index (κ2) is 6.11. The Morgan fingerprint density at radius 3 is 2.11 bits per heavy atom. The largest absolute Gasteiger partial charge is 0.391 e. The SMILES string of the molecule is CC(C)NC1C[C@H]2CCC[C@@H](C1)[N+]2(CCO)C(C)C. The number of piperidine rings is 2. The normalized spacial score (nSPS) is 39.0. The van der Waals surface area contributed by atoms with Crippen molar-refractivity contribution >= 4 is 0 Å². The average Bonchev–Trinajstić information content (AvgIpc) is 2.29. The molecule has 2 rings (SSSR count). The smallest absolute Gasteiger partial charge is 0.103 e. The molecule has 4 atom stereocenters. The number of aliphatic hydroxyl groups excluding tert-OH is 1. The van der Waals surface area contributed by atoms with Crippen molar-refractivity contribution in [3.63, 3.8) is 0 Å². The maximum atomic E-state index is 9.57. The summed E-state index contributed by atoms with van der Waals surface area (Å²) in [7, 11) is 0. The number of rotatable bonds is 5. The zero-order chi connectivity index (χ0) is 14.0. The van der Waals surface area contributed by atoms with E-state index in [-0.39, 0.29) is 0 Å². The summed E-state index contributed by atoms with van der Waals surface area (Å²) < 4.78 is 1.19. The monoisotopic (exact) mass is 269 g/mol. The van der Waals surface area contributed by atoms with Crippen LogP contribution in [0.1, 0.15) is 59.8 Å². The van der Waals surface area contributed by atoms with Gasteiger partial charge in [0.2, 0.25) is 0 Å². The van der Waals surface area contributed by atoms with Crippen molar-refractivity contribution in [3.05, 3.63) is 0 Å². The highest BCUT2D eigenvalue weighted by molar-refractivity contribution is 4.89. The van der Waals surface area contributed by atoms with Gasteiger partial charge < -0.3 is 14.9 Å². The minimum absolute atomic E-state index is 0.341. The fourth-order valence-corrected chi connectivity index (χ4v) is 5.00. The summed E-state index contributed by atoms with van der Waals surface area (Å²) in [5, 5.41) is 13.3. The van der Waals surface area contributed by atoms with Crippen LogP contribution in [0.15, 0.2) is 0 Å². The summed E-state index contributed by atoms with van der Waals surface area (Å²) in [6.45, 7) is 10.5. The molecule has 0 aromatic rings. The third kappa shape index (κ3) is 2.84. The quantitative estimate of drug-likeness (QED) is 0.751. The zero-order valence-electron chi connectivity index (χ0n) is 13.2. The lowest BCUT2D eigenvalue weighted by Gasteiger charge is -2.60. The predicted molar refractivity (Wildman–Crippen MR) is 80.1 cm³/mol. The highest BCUT2D eigenvalue weighted by Crippen LogP contribution is 2.42. The van der Waals surface area contributed by atoms with E-state index in [1.165, 1.54) is 36.6 Å². The van der Waals surface area contributed by atoms with Crippen molar-refractivity contribution in [1.82, 2.24) is 5.32 Å². The Kier molecular flexibility index (Phi) is 4.91. The van der Waals surface area contributed by atoms with E-state index in [0.29, 0.717) is 24.7 Å². The lowest BCUT2D eigenvalue weighted by molar-refractivity contribution is -1.00. The number of aliphatic hydroxyl groups is 1. The van der Waals surface area contributed by atoms with Crippen LogP contribution in [0.5, 0.6) is 0 Å². The lowest BCUT2D eigenvalue weighted by Crippen LogP contribution is -2.72. The van der Waals surface area contributed by atoms with E-state index < -0.39 is 0 Å². The van der Waals surface area contributed by atoms with E-state index >= 15 is 0 Å². The Morgan fingerprint density at radius 1 is 1.11 bits per heavy atom. The van der Waals surface area contributed by atoms with Crippen molar-refractivity contribution in [1.29, 1.82) is 0 Å². The predicted octanol–water partition coefficient (Wildman–Crippen LogP) is 2.29. The van der Waals surface area contributed by atoms with E-state index in [4.69, 9.17) is 0 Å². The number of nitrogens with zero attached hydrogens (tertiary/aromatic N) is 1. The maximum Gasteiger partial charge on any atom is 0.103 e. The van der Waals surface area contributed by atoms with Crippen LogP contribution in [0.3, 0.4) is 0 Å². The first kappa shape index (κ1) is 15.3. The molecule has 2 aliphatic heterocycles. The Bertz CT molecular complexity index is 276. The Balaban J connectivity index is 2.18. The van der Waals surface area contributed by atoms with Gasteiger partial charge in [-0.25, -0.2) is 0 Å². The summed E-state index contributed by atoms with van der Waals surface area (Å²) >= 11 is 0. The minimum Gasteiger partial charge on any atom is -0.391 e. The van der Waals surface area contributed by atoms with E-state index in [0.717, 1.165) is 18.6 Å². The molecule has 0 saturated carbocycles. The number of fused-ring (bicyclic) bond motifs is 2. The van der Waals surface area contributed by atoms with Gasteiger partial charge in [0.15, 0.2) is 0 Å². The lowest BCUT2D eigenvalue weighted by atomic mass is 9.77. The zero-order valence-corrected chi connectivity index (χ0v) is 13.2. The second-order valence-corrected chi connectivity index (χ2v) is 7.26. The highest BCUT2D eigenvalue weighted by Gasteiger charge is 2.52. The molecule has 2 bridgehead atoms. The average molecular weight is 269 g/mol. The van der Waals surface area contributed by atoms with Crippen molar-refractivity contribution < 1.29 is 9.59 Å². The molecule has 3 heteroatoms. The molecule has 3 nitrogen and oxygen atoms in total. The van der Waals surface area contributed by atoms with E-state index in [1.807, 2.05) is 0 Å². The van der Waals surface area contributed by atoms with Gasteiger partial charge in [0.1, 0.15) is 6.54 Å². The number of nitrogens with one attached hydrogen (secondary N) is 1. The van der Waals surface area contributed by atoms with Crippen LogP contribution in [0.2, 0.25) is 0 Å². The molecule has 2 N–H and O–H groups in total. The van der Waals surface area contributed by atoms with Crippen molar-refractivity contribution in [2.45, 2.75) is 90.0 Å².